The van der Waals surface area contributed by atoms with Gasteiger partial charge in [-0.05, 0) is 24.1 Å². The molecular formula is C13H15FN2O2S2. The molecule has 20 heavy (non-hydrogen) atoms. The fraction of sp³-hybridized carbons (Fsp3) is 0.462. The molecule has 1 N–H and O–H groups in total. The van der Waals surface area contributed by atoms with Crippen LogP contribution in [0, 0.1) is 11.2 Å². The number of thioether (sulfide) groups is 1. The summed E-state index contributed by atoms with van der Waals surface area (Å²) in [5, 5.41) is 8.42. The van der Waals surface area contributed by atoms with Crippen LogP contribution in [0.1, 0.15) is 5.56 Å². The van der Waals surface area contributed by atoms with Crippen LogP contribution < -0.4 is 0 Å². The van der Waals surface area contributed by atoms with Crippen molar-refractivity contribution in [3.63, 3.8) is 0 Å². The predicted octanol–water partition coefficient (Wildman–Crippen LogP) is 1.52. The molecule has 108 valence electrons. The average Bonchev–Trinajstić information content (AvgIpc) is 2.80. The van der Waals surface area contributed by atoms with Crippen molar-refractivity contribution in [2.75, 3.05) is 18.1 Å². The van der Waals surface area contributed by atoms with Gasteiger partial charge in [0.05, 0.1) is 17.5 Å². The fourth-order valence-electron chi connectivity index (χ4n) is 2.73. The van der Waals surface area contributed by atoms with Crippen molar-refractivity contribution in [2.24, 2.45) is 0 Å². The Bertz CT molecular complexity index is 630. The van der Waals surface area contributed by atoms with E-state index in [-0.39, 0.29) is 28.6 Å². The molecule has 0 aliphatic carbocycles. The summed E-state index contributed by atoms with van der Waals surface area (Å²) in [6.07, 6.45) is 0.687. The highest BCUT2D eigenvalue weighted by Crippen LogP contribution is 2.37. The monoisotopic (exact) mass is 314 g/mol. The minimum absolute atomic E-state index is 0.000665. The molecule has 1 aromatic rings. The highest BCUT2D eigenvalue weighted by Gasteiger charge is 2.47. The van der Waals surface area contributed by atoms with E-state index in [1.54, 1.807) is 12.1 Å². The Labute approximate surface area is 121 Å². The van der Waals surface area contributed by atoms with Crippen LogP contribution in [0.15, 0.2) is 24.3 Å². The van der Waals surface area contributed by atoms with E-state index in [0.717, 1.165) is 5.56 Å². The van der Waals surface area contributed by atoms with Crippen LogP contribution in [-0.4, -0.2) is 47.8 Å². The first kappa shape index (κ1) is 13.9. The highest BCUT2D eigenvalue weighted by molar-refractivity contribution is 8.15. The quantitative estimate of drug-likeness (QED) is 0.919. The Hall–Kier alpha value is -1.08. The van der Waals surface area contributed by atoms with Crippen LogP contribution in [0.25, 0.3) is 0 Å². The Morgan fingerprint density at radius 1 is 1.30 bits per heavy atom. The molecule has 0 amide bonds. The molecule has 2 fully saturated rings. The van der Waals surface area contributed by atoms with Crippen LogP contribution in [0.5, 0.6) is 0 Å². The predicted molar refractivity (Wildman–Crippen MR) is 78.4 cm³/mol. The van der Waals surface area contributed by atoms with E-state index in [9.17, 15) is 12.8 Å². The molecule has 2 heterocycles. The summed E-state index contributed by atoms with van der Waals surface area (Å²) in [5.41, 5.74) is 0.994. The molecule has 4 nitrogen and oxygen atoms in total. The van der Waals surface area contributed by atoms with Gasteiger partial charge in [-0.15, -0.1) is 0 Å². The zero-order valence-electron chi connectivity index (χ0n) is 10.8. The first-order valence-corrected chi connectivity index (χ1v) is 9.11. The third-order valence-corrected chi connectivity index (χ3v) is 6.92. The van der Waals surface area contributed by atoms with Gasteiger partial charge in [-0.3, -0.25) is 5.41 Å². The largest absolute Gasteiger partial charge is 0.346 e. The van der Waals surface area contributed by atoms with Gasteiger partial charge in [0.2, 0.25) is 0 Å². The number of sulfone groups is 1. The van der Waals surface area contributed by atoms with Crippen LogP contribution >= 0.6 is 11.8 Å². The minimum atomic E-state index is -2.96. The molecule has 3 rings (SSSR count). The molecule has 0 saturated carbocycles. The summed E-state index contributed by atoms with van der Waals surface area (Å²) in [6.45, 7) is 0.605. The van der Waals surface area contributed by atoms with Gasteiger partial charge in [-0.2, -0.15) is 0 Å². The van der Waals surface area contributed by atoms with Crippen LogP contribution in [-0.2, 0) is 16.3 Å². The van der Waals surface area contributed by atoms with Crippen molar-refractivity contribution in [3.8, 4) is 0 Å². The molecule has 7 heteroatoms. The second kappa shape index (κ2) is 5.04. The maximum atomic E-state index is 12.8. The van der Waals surface area contributed by atoms with Crippen LogP contribution in [0.2, 0.25) is 0 Å². The van der Waals surface area contributed by atoms with Gasteiger partial charge in [-0.1, -0.05) is 23.9 Å². The molecule has 2 atom stereocenters. The number of rotatable bonds is 3. The van der Waals surface area contributed by atoms with Crippen molar-refractivity contribution in [1.82, 2.24) is 4.90 Å². The van der Waals surface area contributed by atoms with Crippen molar-refractivity contribution in [2.45, 2.75) is 17.7 Å². The third-order valence-electron chi connectivity index (χ3n) is 3.75. The fourth-order valence-corrected chi connectivity index (χ4v) is 6.59. The lowest BCUT2D eigenvalue weighted by atomic mass is 10.1. The maximum absolute atomic E-state index is 12.8. The molecule has 0 radical (unpaired) electrons. The Kier molecular flexibility index (Phi) is 3.50. The molecule has 2 aliphatic rings. The zero-order chi connectivity index (χ0) is 14.3. The first-order valence-electron chi connectivity index (χ1n) is 6.41. The molecule has 1 aromatic carbocycles. The average molecular weight is 314 g/mol. The molecule has 2 aliphatic heterocycles. The van der Waals surface area contributed by atoms with Crippen LogP contribution in [0.4, 0.5) is 4.39 Å². The van der Waals surface area contributed by atoms with E-state index in [2.05, 4.69) is 0 Å². The van der Waals surface area contributed by atoms with Crippen molar-refractivity contribution in [3.05, 3.63) is 35.6 Å². The summed E-state index contributed by atoms with van der Waals surface area (Å²) in [5.74, 6) is 0.0639. The summed E-state index contributed by atoms with van der Waals surface area (Å²) in [6, 6.07) is 6.22. The lowest BCUT2D eigenvalue weighted by molar-refractivity contribution is 0.359. The lowest BCUT2D eigenvalue weighted by Gasteiger charge is -2.23. The SMILES string of the molecule is N=C1S[C@H]2CS(=O)(=O)C[C@H]2N1CCc1ccc(F)cc1. The molecule has 0 spiro atoms. The van der Waals surface area contributed by atoms with Crippen LogP contribution in [0.3, 0.4) is 0 Å². The van der Waals surface area contributed by atoms with Crippen molar-refractivity contribution < 1.29 is 12.8 Å². The molecule has 2 saturated heterocycles. The second-order valence-corrected chi connectivity index (χ2v) is 8.56. The Balaban J connectivity index is 1.67. The zero-order valence-corrected chi connectivity index (χ0v) is 12.4. The molecule has 0 aromatic heterocycles. The van der Waals surface area contributed by atoms with E-state index in [1.165, 1.54) is 23.9 Å². The molecule has 0 unspecified atom stereocenters. The maximum Gasteiger partial charge on any atom is 0.157 e. The molecule has 0 bridgehead atoms. The van der Waals surface area contributed by atoms with Gasteiger partial charge in [-0.25, -0.2) is 12.8 Å². The highest BCUT2D eigenvalue weighted by atomic mass is 32.2. The van der Waals surface area contributed by atoms with Gasteiger partial charge < -0.3 is 4.90 Å². The van der Waals surface area contributed by atoms with Crippen molar-refractivity contribution >= 4 is 26.8 Å². The molecular weight excluding hydrogens is 299 g/mol. The first-order chi connectivity index (χ1) is 9.44. The number of halogens is 1. The topological polar surface area (TPSA) is 61.2 Å². The number of amidine groups is 1. The van der Waals surface area contributed by atoms with Gasteiger partial charge >= 0.3 is 0 Å². The van der Waals surface area contributed by atoms with Gasteiger partial charge in [0.15, 0.2) is 15.0 Å². The normalized spacial score (nSPS) is 27.9. The number of nitrogens with zero attached hydrogens (tertiary/aromatic N) is 1. The third kappa shape index (κ3) is 2.69. The van der Waals surface area contributed by atoms with E-state index in [0.29, 0.717) is 18.1 Å². The summed E-state index contributed by atoms with van der Waals surface area (Å²) in [4.78, 5) is 1.88. The summed E-state index contributed by atoms with van der Waals surface area (Å²) >= 11 is 1.35. The van der Waals surface area contributed by atoms with Gasteiger partial charge in [0.25, 0.3) is 0 Å². The van der Waals surface area contributed by atoms with E-state index < -0.39 is 9.84 Å². The Morgan fingerprint density at radius 3 is 2.70 bits per heavy atom. The van der Waals surface area contributed by atoms with Crippen molar-refractivity contribution in [1.29, 1.82) is 5.41 Å². The Morgan fingerprint density at radius 2 is 2.00 bits per heavy atom. The smallest absolute Gasteiger partial charge is 0.157 e. The second-order valence-electron chi connectivity index (χ2n) is 5.18. The van der Waals surface area contributed by atoms with Gasteiger partial charge in [0.1, 0.15) is 5.82 Å². The number of benzene rings is 1. The van der Waals surface area contributed by atoms with E-state index >= 15 is 0 Å². The standard InChI is InChI=1S/C13H15FN2O2S2/c14-10-3-1-9(2-4-10)5-6-16-11-7-20(17,18)8-12(11)19-13(16)15/h1-4,11-12,15H,5-8H2/t11-,12+/m1/s1. The van der Waals surface area contributed by atoms with E-state index in [4.69, 9.17) is 5.41 Å². The number of nitrogens with one attached hydrogen (secondary N) is 1. The number of fused-ring (bicyclic) bond motifs is 1. The number of hydrogen-bond donors (Lipinski definition) is 1. The summed E-state index contributed by atoms with van der Waals surface area (Å²) in [7, 11) is -2.96. The lowest BCUT2D eigenvalue weighted by Crippen LogP contribution is -2.38. The number of hydrogen-bond acceptors (Lipinski definition) is 4. The van der Waals surface area contributed by atoms with Gasteiger partial charge in [0, 0.05) is 11.8 Å². The minimum Gasteiger partial charge on any atom is -0.346 e. The van der Waals surface area contributed by atoms with E-state index in [1.807, 2.05) is 4.90 Å². The summed E-state index contributed by atoms with van der Waals surface area (Å²) < 4.78 is 36.1.